The second-order valence-corrected chi connectivity index (χ2v) is 6.28. The summed E-state index contributed by atoms with van der Waals surface area (Å²) in [4.78, 5) is 4.50. The Morgan fingerprint density at radius 3 is 2.10 bits per heavy atom. The quantitative estimate of drug-likeness (QED) is 0.284. The van der Waals surface area contributed by atoms with Crippen molar-refractivity contribution in [2.75, 3.05) is 27.9 Å². The maximum Gasteiger partial charge on any atom is 0.416 e. The van der Waals surface area contributed by atoms with Gasteiger partial charge in [-0.1, -0.05) is 12.1 Å². The Labute approximate surface area is 197 Å². The lowest BCUT2D eigenvalue weighted by Crippen LogP contribution is -2.36. The predicted octanol–water partition coefficient (Wildman–Crippen LogP) is 4.60. The molecule has 0 atom stereocenters. The first kappa shape index (κ1) is 26.7. The SMILES string of the molecule is CCNC(=NCc1cc(OC)c(OC)c(OC)c1)NCc1cccc(C(F)(F)F)c1.I. The summed E-state index contributed by atoms with van der Waals surface area (Å²) in [7, 11) is 4.59. The van der Waals surface area contributed by atoms with E-state index in [1.165, 1.54) is 27.4 Å². The summed E-state index contributed by atoms with van der Waals surface area (Å²) >= 11 is 0. The van der Waals surface area contributed by atoms with E-state index in [4.69, 9.17) is 14.2 Å². The number of alkyl halides is 3. The van der Waals surface area contributed by atoms with Gasteiger partial charge in [-0.15, -0.1) is 24.0 Å². The lowest BCUT2D eigenvalue weighted by atomic mass is 10.1. The van der Waals surface area contributed by atoms with Gasteiger partial charge in [0.1, 0.15) is 0 Å². The van der Waals surface area contributed by atoms with Crippen molar-refractivity contribution in [3.05, 3.63) is 53.1 Å². The first-order valence-corrected chi connectivity index (χ1v) is 9.29. The van der Waals surface area contributed by atoms with E-state index in [1.807, 2.05) is 6.92 Å². The fraction of sp³-hybridized carbons (Fsp3) is 0.381. The van der Waals surface area contributed by atoms with Gasteiger partial charge in [0, 0.05) is 13.1 Å². The fourth-order valence-corrected chi connectivity index (χ4v) is 2.78. The summed E-state index contributed by atoms with van der Waals surface area (Å²) in [5.41, 5.74) is 0.644. The van der Waals surface area contributed by atoms with Gasteiger partial charge in [0.05, 0.1) is 33.4 Å². The van der Waals surface area contributed by atoms with Crippen molar-refractivity contribution in [2.45, 2.75) is 26.2 Å². The Bertz CT molecular complexity index is 851. The monoisotopic (exact) mass is 553 g/mol. The van der Waals surface area contributed by atoms with E-state index in [0.29, 0.717) is 41.9 Å². The highest BCUT2D eigenvalue weighted by Gasteiger charge is 2.30. The third-order valence-corrected chi connectivity index (χ3v) is 4.20. The highest BCUT2D eigenvalue weighted by molar-refractivity contribution is 14.0. The largest absolute Gasteiger partial charge is 0.493 e. The van der Waals surface area contributed by atoms with E-state index in [0.717, 1.165) is 17.7 Å². The average molecular weight is 553 g/mol. The van der Waals surface area contributed by atoms with Crippen molar-refractivity contribution in [1.82, 2.24) is 10.6 Å². The van der Waals surface area contributed by atoms with Crippen LogP contribution in [0.15, 0.2) is 41.4 Å². The molecule has 6 nitrogen and oxygen atoms in total. The van der Waals surface area contributed by atoms with Crippen LogP contribution in [0.2, 0.25) is 0 Å². The van der Waals surface area contributed by atoms with Crippen molar-refractivity contribution in [2.24, 2.45) is 4.99 Å². The molecule has 2 aromatic carbocycles. The number of guanidine groups is 1. The number of methoxy groups -OCH3 is 3. The zero-order valence-corrected chi connectivity index (χ0v) is 20.1. The minimum absolute atomic E-state index is 0. The summed E-state index contributed by atoms with van der Waals surface area (Å²) in [5.74, 6) is 2.00. The van der Waals surface area contributed by atoms with E-state index in [-0.39, 0.29) is 30.5 Å². The molecule has 0 spiro atoms. The van der Waals surface area contributed by atoms with Crippen LogP contribution < -0.4 is 24.8 Å². The molecular formula is C21H27F3IN3O3. The minimum Gasteiger partial charge on any atom is -0.493 e. The molecule has 2 aromatic rings. The smallest absolute Gasteiger partial charge is 0.416 e. The van der Waals surface area contributed by atoms with Crippen LogP contribution in [0, 0.1) is 0 Å². The number of ether oxygens (including phenoxy) is 3. The Morgan fingerprint density at radius 2 is 1.58 bits per heavy atom. The van der Waals surface area contributed by atoms with E-state index in [1.54, 1.807) is 18.2 Å². The maximum atomic E-state index is 12.9. The number of aliphatic imine (C=N–C) groups is 1. The van der Waals surface area contributed by atoms with Crippen molar-refractivity contribution >= 4 is 29.9 Å². The number of nitrogens with one attached hydrogen (secondary N) is 2. The molecule has 0 radical (unpaired) electrons. The molecule has 0 saturated heterocycles. The van der Waals surface area contributed by atoms with Gasteiger partial charge < -0.3 is 24.8 Å². The third kappa shape index (κ3) is 7.67. The van der Waals surface area contributed by atoms with Crippen LogP contribution in [0.25, 0.3) is 0 Å². The van der Waals surface area contributed by atoms with Crippen LogP contribution >= 0.6 is 24.0 Å². The summed E-state index contributed by atoms with van der Waals surface area (Å²) < 4.78 is 54.7. The molecule has 0 amide bonds. The first-order chi connectivity index (χ1) is 14.3. The molecule has 2 N–H and O–H groups in total. The molecule has 0 aromatic heterocycles. The Kier molecular flexibility index (Phi) is 10.7. The molecule has 172 valence electrons. The van der Waals surface area contributed by atoms with Crippen LogP contribution in [0.5, 0.6) is 17.2 Å². The molecule has 0 aliphatic carbocycles. The Morgan fingerprint density at radius 1 is 0.935 bits per heavy atom. The van der Waals surface area contributed by atoms with Gasteiger partial charge >= 0.3 is 6.18 Å². The van der Waals surface area contributed by atoms with Gasteiger partial charge in [0.15, 0.2) is 17.5 Å². The minimum atomic E-state index is -4.37. The van der Waals surface area contributed by atoms with E-state index in [2.05, 4.69) is 15.6 Å². The van der Waals surface area contributed by atoms with E-state index in [9.17, 15) is 13.2 Å². The maximum absolute atomic E-state index is 12.9. The van der Waals surface area contributed by atoms with Gasteiger partial charge in [-0.25, -0.2) is 4.99 Å². The van der Waals surface area contributed by atoms with Crippen molar-refractivity contribution in [1.29, 1.82) is 0 Å². The summed E-state index contributed by atoms with van der Waals surface area (Å²) in [6.45, 7) is 3.00. The molecule has 0 bridgehead atoms. The van der Waals surface area contributed by atoms with Crippen LogP contribution in [0.3, 0.4) is 0 Å². The number of rotatable bonds is 8. The second-order valence-electron chi connectivity index (χ2n) is 6.28. The number of nitrogens with zero attached hydrogens (tertiary/aromatic N) is 1. The van der Waals surface area contributed by atoms with Gasteiger partial charge in [-0.3, -0.25) is 0 Å². The Balaban J connectivity index is 0.00000480. The number of hydrogen-bond acceptors (Lipinski definition) is 4. The van der Waals surface area contributed by atoms with E-state index < -0.39 is 11.7 Å². The molecule has 0 aliphatic heterocycles. The zero-order valence-electron chi connectivity index (χ0n) is 17.8. The molecule has 31 heavy (non-hydrogen) atoms. The molecular weight excluding hydrogens is 526 g/mol. The molecule has 0 heterocycles. The van der Waals surface area contributed by atoms with E-state index >= 15 is 0 Å². The second kappa shape index (κ2) is 12.5. The van der Waals surface area contributed by atoms with Crippen LogP contribution in [-0.4, -0.2) is 33.8 Å². The normalized spacial score (nSPS) is 11.4. The van der Waals surface area contributed by atoms with Crippen LogP contribution in [0.4, 0.5) is 13.2 Å². The summed E-state index contributed by atoms with van der Waals surface area (Å²) in [6.07, 6.45) is -4.37. The zero-order chi connectivity index (χ0) is 22.1. The number of halogens is 4. The standard InChI is InChI=1S/C21H26F3N3O3.HI/c1-5-25-20(26-12-14-7-6-8-16(9-14)21(22,23)24)27-13-15-10-17(28-2)19(30-4)18(11-15)29-3;/h6-11H,5,12-13H2,1-4H3,(H2,25,26,27);1H. The van der Waals surface area contributed by atoms with Gasteiger partial charge in [-0.05, 0) is 42.3 Å². The summed E-state index contributed by atoms with van der Waals surface area (Å²) in [6, 6.07) is 8.77. The Hall–Kier alpha value is -2.37. The lowest BCUT2D eigenvalue weighted by Gasteiger charge is -2.15. The third-order valence-electron chi connectivity index (χ3n) is 4.20. The molecule has 0 aliphatic rings. The van der Waals surface area contributed by atoms with Crippen molar-refractivity contribution < 1.29 is 27.4 Å². The summed E-state index contributed by atoms with van der Waals surface area (Å²) in [5, 5.41) is 6.13. The highest BCUT2D eigenvalue weighted by atomic mass is 127. The number of benzene rings is 2. The van der Waals surface area contributed by atoms with Gasteiger partial charge in [0.2, 0.25) is 5.75 Å². The van der Waals surface area contributed by atoms with Gasteiger partial charge in [0.25, 0.3) is 0 Å². The van der Waals surface area contributed by atoms with Gasteiger partial charge in [-0.2, -0.15) is 13.2 Å². The fourth-order valence-electron chi connectivity index (χ4n) is 2.78. The van der Waals surface area contributed by atoms with Crippen molar-refractivity contribution in [3.8, 4) is 17.2 Å². The predicted molar refractivity (Wildman–Crippen MR) is 125 cm³/mol. The molecule has 2 rings (SSSR count). The molecule has 0 saturated carbocycles. The first-order valence-electron chi connectivity index (χ1n) is 9.29. The lowest BCUT2D eigenvalue weighted by molar-refractivity contribution is -0.137. The molecule has 10 heteroatoms. The van der Waals surface area contributed by atoms with Crippen LogP contribution in [0.1, 0.15) is 23.6 Å². The van der Waals surface area contributed by atoms with Crippen molar-refractivity contribution in [3.63, 3.8) is 0 Å². The molecule has 0 fully saturated rings. The number of hydrogen-bond donors (Lipinski definition) is 2. The average Bonchev–Trinajstić information content (AvgIpc) is 2.74. The highest BCUT2D eigenvalue weighted by Crippen LogP contribution is 2.38. The molecule has 0 unspecified atom stereocenters. The topological polar surface area (TPSA) is 64.1 Å². The van der Waals surface area contributed by atoms with Crippen LogP contribution in [-0.2, 0) is 19.3 Å².